The highest BCUT2D eigenvalue weighted by Gasteiger charge is 2.16. The molecule has 0 aliphatic heterocycles. The maximum atomic E-state index is 10.9. The molecule has 0 spiro atoms. The van der Waals surface area contributed by atoms with Crippen molar-refractivity contribution in [2.45, 2.75) is 6.92 Å². The van der Waals surface area contributed by atoms with Crippen LogP contribution < -0.4 is 0 Å². The van der Waals surface area contributed by atoms with Crippen molar-refractivity contribution in [3.63, 3.8) is 0 Å². The van der Waals surface area contributed by atoms with Crippen molar-refractivity contribution in [3.05, 3.63) is 11.3 Å². The molecule has 68 valence electrons. The Morgan fingerprint density at radius 1 is 1.67 bits per heavy atom. The molecule has 4 nitrogen and oxygen atoms in total. The largest absolute Gasteiger partial charge is 0.510 e. The molecule has 0 atom stereocenters. The Balaban J connectivity index is 4.91. The Kier molecular flexibility index (Phi) is 4.36. The minimum absolute atomic E-state index is 0.0694. The fourth-order valence-electron chi connectivity index (χ4n) is 0.656. The maximum Gasteiger partial charge on any atom is 0.343 e. The van der Waals surface area contributed by atoms with Crippen LogP contribution >= 0.6 is 11.6 Å². The van der Waals surface area contributed by atoms with Crippen molar-refractivity contribution in [2.75, 3.05) is 13.0 Å². The number of rotatable bonds is 3. The molecule has 0 heterocycles. The van der Waals surface area contributed by atoms with Gasteiger partial charge in [0.2, 0.25) is 0 Å². The fourth-order valence-corrected chi connectivity index (χ4v) is 0.790. The van der Waals surface area contributed by atoms with Gasteiger partial charge in [0.05, 0.1) is 13.0 Å². The lowest BCUT2D eigenvalue weighted by Crippen LogP contribution is -2.14. The lowest BCUT2D eigenvalue weighted by atomic mass is 10.1. The zero-order valence-corrected chi connectivity index (χ0v) is 7.60. The number of methoxy groups -OCH3 is 1. The standard InChI is InChI=1S/C7H10ClNO3/c1-4(9)6(5(10)3-8)7(11)12-2/h9-10H,3H2,1-2H3. The molecule has 12 heavy (non-hydrogen) atoms. The van der Waals surface area contributed by atoms with E-state index in [0.29, 0.717) is 0 Å². The first kappa shape index (κ1) is 11.0. The van der Waals surface area contributed by atoms with Crippen molar-refractivity contribution in [1.29, 1.82) is 5.41 Å². The Morgan fingerprint density at radius 2 is 2.17 bits per heavy atom. The number of hydrogen-bond donors (Lipinski definition) is 2. The lowest BCUT2D eigenvalue weighted by Gasteiger charge is -2.04. The van der Waals surface area contributed by atoms with E-state index < -0.39 is 5.97 Å². The summed E-state index contributed by atoms with van der Waals surface area (Å²) < 4.78 is 4.34. The van der Waals surface area contributed by atoms with Crippen molar-refractivity contribution < 1.29 is 14.6 Å². The molecule has 0 saturated heterocycles. The third-order valence-corrected chi connectivity index (χ3v) is 1.43. The highest BCUT2D eigenvalue weighted by Crippen LogP contribution is 2.07. The van der Waals surface area contributed by atoms with Crippen LogP contribution in [0.25, 0.3) is 0 Å². The second kappa shape index (κ2) is 4.77. The van der Waals surface area contributed by atoms with Gasteiger partial charge in [0, 0.05) is 5.71 Å². The molecule has 0 aromatic rings. The molecule has 5 heteroatoms. The van der Waals surface area contributed by atoms with Crippen LogP contribution in [0.1, 0.15) is 6.92 Å². The van der Waals surface area contributed by atoms with Crippen LogP contribution in [0.2, 0.25) is 0 Å². The van der Waals surface area contributed by atoms with Gasteiger partial charge in [-0.2, -0.15) is 0 Å². The monoisotopic (exact) mass is 191 g/mol. The number of alkyl halides is 1. The van der Waals surface area contributed by atoms with Gasteiger partial charge in [-0.3, -0.25) is 0 Å². The van der Waals surface area contributed by atoms with Gasteiger partial charge in [0.25, 0.3) is 0 Å². The third-order valence-electron chi connectivity index (χ3n) is 1.18. The average Bonchev–Trinajstić information content (AvgIpc) is 2.03. The number of ether oxygens (including phenoxy) is 1. The van der Waals surface area contributed by atoms with E-state index in [4.69, 9.17) is 22.1 Å². The summed E-state index contributed by atoms with van der Waals surface area (Å²) in [7, 11) is 1.17. The second-order valence-electron chi connectivity index (χ2n) is 2.07. The number of aliphatic hydroxyl groups excluding tert-OH is 1. The fraction of sp³-hybridized carbons (Fsp3) is 0.429. The molecule has 0 radical (unpaired) electrons. The van der Waals surface area contributed by atoms with Gasteiger partial charge < -0.3 is 15.3 Å². The molecule has 0 aliphatic rings. The van der Waals surface area contributed by atoms with Crippen LogP contribution in [0, 0.1) is 5.41 Å². The van der Waals surface area contributed by atoms with Gasteiger partial charge in [0.15, 0.2) is 0 Å². The highest BCUT2D eigenvalue weighted by atomic mass is 35.5. The first-order valence-corrected chi connectivity index (χ1v) is 3.70. The van der Waals surface area contributed by atoms with E-state index in [0.717, 1.165) is 0 Å². The van der Waals surface area contributed by atoms with Crippen molar-refractivity contribution in [1.82, 2.24) is 0 Å². The molecular formula is C7H10ClNO3. The average molecular weight is 192 g/mol. The van der Waals surface area contributed by atoms with Crippen LogP contribution in [-0.2, 0) is 9.53 Å². The summed E-state index contributed by atoms with van der Waals surface area (Å²) in [4.78, 5) is 10.9. The molecular weight excluding hydrogens is 182 g/mol. The number of halogens is 1. The van der Waals surface area contributed by atoms with E-state index >= 15 is 0 Å². The minimum atomic E-state index is -0.749. The number of carbonyl (C=O) groups excluding carboxylic acids is 1. The van der Waals surface area contributed by atoms with Crippen LogP contribution in [-0.4, -0.2) is 29.8 Å². The van der Waals surface area contributed by atoms with Gasteiger partial charge in [0.1, 0.15) is 11.3 Å². The number of aliphatic hydroxyl groups is 1. The van der Waals surface area contributed by atoms with Gasteiger partial charge >= 0.3 is 5.97 Å². The van der Waals surface area contributed by atoms with Gasteiger partial charge in [-0.25, -0.2) is 4.79 Å². The van der Waals surface area contributed by atoms with Gasteiger partial charge in [-0.1, -0.05) is 0 Å². The molecule has 0 fully saturated rings. The SMILES string of the molecule is COC(=O)C(C(C)=N)=C(O)CCl. The van der Waals surface area contributed by atoms with Crippen LogP contribution in [0.3, 0.4) is 0 Å². The molecule has 0 aromatic heterocycles. The van der Waals surface area contributed by atoms with Gasteiger partial charge in [-0.15, -0.1) is 11.6 Å². The molecule has 0 unspecified atom stereocenters. The van der Waals surface area contributed by atoms with E-state index in [-0.39, 0.29) is 22.9 Å². The predicted molar refractivity (Wildman–Crippen MR) is 45.8 cm³/mol. The summed E-state index contributed by atoms with van der Waals surface area (Å²) >= 11 is 5.28. The molecule has 0 amide bonds. The molecule has 2 N–H and O–H groups in total. The van der Waals surface area contributed by atoms with E-state index in [9.17, 15) is 4.79 Å². The first-order chi connectivity index (χ1) is 5.54. The van der Waals surface area contributed by atoms with Crippen molar-refractivity contribution in [3.8, 4) is 0 Å². The quantitative estimate of drug-likeness (QED) is 0.232. The summed E-state index contributed by atoms with van der Waals surface area (Å²) in [6.45, 7) is 1.37. The lowest BCUT2D eigenvalue weighted by molar-refractivity contribution is -0.135. The Labute approximate surface area is 75.3 Å². The van der Waals surface area contributed by atoms with Gasteiger partial charge in [-0.05, 0) is 6.92 Å². The third kappa shape index (κ3) is 2.54. The zero-order chi connectivity index (χ0) is 9.72. The topological polar surface area (TPSA) is 70.4 Å². The predicted octanol–water partition coefficient (Wildman–Crippen LogP) is 1.25. The summed E-state index contributed by atoms with van der Waals surface area (Å²) in [6.07, 6.45) is 0. The van der Waals surface area contributed by atoms with E-state index in [1.54, 1.807) is 0 Å². The normalized spacial score (nSPS) is 11.9. The van der Waals surface area contributed by atoms with E-state index in [2.05, 4.69) is 4.74 Å². The number of esters is 1. The molecule has 0 bridgehead atoms. The van der Waals surface area contributed by atoms with Crippen molar-refractivity contribution >= 4 is 23.3 Å². The Morgan fingerprint density at radius 3 is 2.42 bits per heavy atom. The number of hydrogen-bond acceptors (Lipinski definition) is 4. The minimum Gasteiger partial charge on any atom is -0.510 e. The molecule has 0 saturated carbocycles. The smallest absolute Gasteiger partial charge is 0.343 e. The number of carbonyl (C=O) groups is 1. The second-order valence-corrected chi connectivity index (χ2v) is 2.34. The van der Waals surface area contributed by atoms with Crippen LogP contribution in [0.15, 0.2) is 11.3 Å². The zero-order valence-electron chi connectivity index (χ0n) is 6.85. The number of allylic oxidation sites excluding steroid dienone is 1. The maximum absolute atomic E-state index is 10.9. The van der Waals surface area contributed by atoms with E-state index in [1.807, 2.05) is 0 Å². The molecule has 0 rings (SSSR count). The summed E-state index contributed by atoms with van der Waals surface area (Å²) in [6, 6.07) is 0. The molecule has 0 aliphatic carbocycles. The summed E-state index contributed by atoms with van der Waals surface area (Å²) in [5.41, 5.74) is -0.243. The highest BCUT2D eigenvalue weighted by molar-refractivity contribution is 6.22. The van der Waals surface area contributed by atoms with Crippen LogP contribution in [0.4, 0.5) is 0 Å². The van der Waals surface area contributed by atoms with Crippen molar-refractivity contribution in [2.24, 2.45) is 0 Å². The summed E-state index contributed by atoms with van der Waals surface area (Å²) in [5.74, 6) is -1.29. The Bertz CT molecular complexity index is 235. The Hall–Kier alpha value is -1.03. The molecule has 0 aromatic carbocycles. The summed E-state index contributed by atoms with van der Waals surface area (Å²) in [5, 5.41) is 16.2. The first-order valence-electron chi connectivity index (χ1n) is 3.16. The van der Waals surface area contributed by atoms with E-state index in [1.165, 1.54) is 14.0 Å². The van der Waals surface area contributed by atoms with Crippen LogP contribution in [0.5, 0.6) is 0 Å². The number of nitrogens with one attached hydrogen (secondary N) is 1.